The summed E-state index contributed by atoms with van der Waals surface area (Å²) in [5, 5.41) is 0. The van der Waals surface area contributed by atoms with Gasteiger partial charge >= 0.3 is 5.97 Å². The molecule has 2 aliphatic carbocycles. The summed E-state index contributed by atoms with van der Waals surface area (Å²) >= 11 is 3.61. The molecule has 0 spiro atoms. The van der Waals surface area contributed by atoms with Crippen molar-refractivity contribution in [2.24, 2.45) is 0 Å². The Kier molecular flexibility index (Phi) is 4.28. The Morgan fingerprint density at radius 2 is 1.56 bits per heavy atom. The number of ether oxygens (including phenoxy) is 1. The van der Waals surface area contributed by atoms with E-state index in [1.54, 1.807) is 0 Å². The molecule has 0 N–H and O–H groups in total. The van der Waals surface area contributed by atoms with Crippen molar-refractivity contribution < 1.29 is 9.53 Å². The van der Waals surface area contributed by atoms with Crippen LogP contribution < -0.4 is 0 Å². The van der Waals surface area contributed by atoms with Gasteiger partial charge in [-0.15, -0.1) is 0 Å². The van der Waals surface area contributed by atoms with Gasteiger partial charge in [0, 0.05) is 0 Å². The van der Waals surface area contributed by atoms with Gasteiger partial charge in [0.25, 0.3) is 0 Å². The summed E-state index contributed by atoms with van der Waals surface area (Å²) in [7, 11) is 0. The Balaban J connectivity index is 1.85. The van der Waals surface area contributed by atoms with Crippen LogP contribution in [-0.2, 0) is 9.53 Å². The molecule has 0 heterocycles. The fourth-order valence-electron chi connectivity index (χ4n) is 2.76. The molecule has 0 radical (unpaired) electrons. The summed E-state index contributed by atoms with van der Waals surface area (Å²) in [6.45, 7) is 0. The molecule has 0 bridgehead atoms. The highest BCUT2D eigenvalue weighted by molar-refractivity contribution is 9.10. The molecule has 2 nitrogen and oxygen atoms in total. The Labute approximate surface area is 106 Å². The van der Waals surface area contributed by atoms with E-state index in [0.717, 1.165) is 38.5 Å². The number of hydrogen-bond donors (Lipinski definition) is 0. The smallest absolute Gasteiger partial charge is 0.323 e. The molecule has 0 aromatic rings. The van der Waals surface area contributed by atoms with Crippen LogP contribution in [0.15, 0.2) is 0 Å². The van der Waals surface area contributed by atoms with Crippen molar-refractivity contribution in [1.82, 2.24) is 0 Å². The highest BCUT2D eigenvalue weighted by atomic mass is 79.9. The normalized spacial score (nSPS) is 26.3. The Hall–Kier alpha value is -0.0500. The van der Waals surface area contributed by atoms with Gasteiger partial charge in [-0.05, 0) is 38.5 Å². The topological polar surface area (TPSA) is 26.3 Å². The predicted molar refractivity (Wildman–Crippen MR) is 67.7 cm³/mol. The van der Waals surface area contributed by atoms with E-state index in [-0.39, 0.29) is 16.4 Å². The van der Waals surface area contributed by atoms with Gasteiger partial charge in [-0.3, -0.25) is 4.79 Å². The van der Waals surface area contributed by atoms with E-state index < -0.39 is 0 Å². The minimum absolute atomic E-state index is 0.000833. The molecule has 0 aromatic heterocycles. The molecule has 0 atom stereocenters. The molecular weight excluding hydrogens is 268 g/mol. The Morgan fingerprint density at radius 1 is 1.00 bits per heavy atom. The maximum absolute atomic E-state index is 12.1. The number of esters is 1. The molecule has 0 aromatic carbocycles. The summed E-state index contributed by atoms with van der Waals surface area (Å²) in [5.41, 5.74) is 0. The van der Waals surface area contributed by atoms with Crippen molar-refractivity contribution in [1.29, 1.82) is 0 Å². The maximum Gasteiger partial charge on any atom is 0.323 e. The first-order chi connectivity index (χ1) is 7.71. The zero-order valence-corrected chi connectivity index (χ0v) is 11.4. The summed E-state index contributed by atoms with van der Waals surface area (Å²) in [4.78, 5) is 12.1. The third kappa shape index (κ3) is 2.99. The average molecular weight is 289 g/mol. The van der Waals surface area contributed by atoms with E-state index in [9.17, 15) is 4.79 Å². The molecule has 0 saturated heterocycles. The molecule has 2 fully saturated rings. The fraction of sp³-hybridized carbons (Fsp3) is 0.923. The van der Waals surface area contributed by atoms with E-state index >= 15 is 0 Å². The molecule has 0 unspecified atom stereocenters. The minimum Gasteiger partial charge on any atom is -0.461 e. The van der Waals surface area contributed by atoms with Crippen molar-refractivity contribution in [2.75, 3.05) is 0 Å². The van der Waals surface area contributed by atoms with Crippen LogP contribution in [0.2, 0.25) is 0 Å². The van der Waals surface area contributed by atoms with Gasteiger partial charge < -0.3 is 4.74 Å². The second kappa shape index (κ2) is 5.52. The molecule has 16 heavy (non-hydrogen) atoms. The zero-order chi connectivity index (χ0) is 11.4. The first kappa shape index (κ1) is 12.4. The highest BCUT2D eigenvalue weighted by Crippen LogP contribution is 2.37. The fourth-order valence-corrected chi connectivity index (χ4v) is 3.41. The van der Waals surface area contributed by atoms with Gasteiger partial charge in [-0.2, -0.15) is 0 Å². The van der Waals surface area contributed by atoms with Crippen LogP contribution >= 0.6 is 15.9 Å². The van der Waals surface area contributed by atoms with Crippen LogP contribution in [0.4, 0.5) is 0 Å². The van der Waals surface area contributed by atoms with Crippen molar-refractivity contribution in [3.63, 3.8) is 0 Å². The van der Waals surface area contributed by atoms with Gasteiger partial charge in [-0.1, -0.05) is 41.6 Å². The number of rotatable bonds is 2. The van der Waals surface area contributed by atoms with Crippen molar-refractivity contribution in [2.45, 2.75) is 74.6 Å². The van der Waals surface area contributed by atoms with E-state index in [4.69, 9.17) is 4.74 Å². The van der Waals surface area contributed by atoms with Crippen molar-refractivity contribution >= 4 is 21.9 Å². The lowest BCUT2D eigenvalue weighted by molar-refractivity contribution is -0.154. The van der Waals surface area contributed by atoms with Crippen LogP contribution in [0.1, 0.15) is 64.2 Å². The lowest BCUT2D eigenvalue weighted by Crippen LogP contribution is -2.38. The number of hydrogen-bond acceptors (Lipinski definition) is 2. The van der Waals surface area contributed by atoms with Gasteiger partial charge in [0.05, 0.1) is 0 Å². The summed E-state index contributed by atoms with van der Waals surface area (Å²) in [6, 6.07) is 0. The van der Waals surface area contributed by atoms with E-state index in [1.165, 1.54) is 25.7 Å². The van der Waals surface area contributed by atoms with Crippen LogP contribution in [0, 0.1) is 0 Å². The van der Waals surface area contributed by atoms with E-state index in [1.807, 2.05) is 0 Å². The van der Waals surface area contributed by atoms with Gasteiger partial charge in [0.1, 0.15) is 10.4 Å². The Morgan fingerprint density at radius 3 is 2.19 bits per heavy atom. The largest absolute Gasteiger partial charge is 0.461 e. The minimum atomic E-state index is -0.358. The van der Waals surface area contributed by atoms with Crippen LogP contribution in [0.5, 0.6) is 0 Å². The van der Waals surface area contributed by atoms with Gasteiger partial charge in [0.2, 0.25) is 0 Å². The maximum atomic E-state index is 12.1. The average Bonchev–Trinajstić information content (AvgIpc) is 2.31. The third-order valence-electron chi connectivity index (χ3n) is 3.84. The van der Waals surface area contributed by atoms with Crippen LogP contribution in [-0.4, -0.2) is 16.4 Å². The summed E-state index contributed by atoms with van der Waals surface area (Å²) < 4.78 is 5.29. The lowest BCUT2D eigenvalue weighted by Gasteiger charge is -2.32. The third-order valence-corrected chi connectivity index (χ3v) is 4.95. The molecule has 2 aliphatic rings. The molecule has 0 aliphatic heterocycles. The number of carbonyl (C=O) groups is 1. The first-order valence-electron chi connectivity index (χ1n) is 6.61. The van der Waals surface area contributed by atoms with E-state index in [2.05, 4.69) is 15.9 Å². The van der Waals surface area contributed by atoms with Gasteiger partial charge in [0.15, 0.2) is 0 Å². The van der Waals surface area contributed by atoms with Gasteiger partial charge in [-0.25, -0.2) is 0 Å². The SMILES string of the molecule is O=C(OC1CCCCC1)C1(Br)CCCCC1. The standard InChI is InChI=1S/C13H21BrO2/c14-13(9-5-2-6-10-13)12(15)16-11-7-3-1-4-8-11/h11H,1-10H2. The second-order valence-electron chi connectivity index (χ2n) is 5.19. The highest BCUT2D eigenvalue weighted by Gasteiger charge is 2.39. The monoisotopic (exact) mass is 288 g/mol. The molecule has 3 heteroatoms. The molecule has 0 amide bonds. The number of carbonyl (C=O) groups excluding carboxylic acids is 1. The van der Waals surface area contributed by atoms with Crippen LogP contribution in [0.25, 0.3) is 0 Å². The quantitative estimate of drug-likeness (QED) is 0.568. The molecular formula is C13H21BrO2. The molecule has 2 saturated carbocycles. The number of alkyl halides is 1. The second-order valence-corrected chi connectivity index (χ2v) is 6.71. The predicted octanol–water partition coefficient (Wildman–Crippen LogP) is 3.96. The van der Waals surface area contributed by atoms with Crippen molar-refractivity contribution in [3.05, 3.63) is 0 Å². The molecule has 2 rings (SSSR count). The molecule has 92 valence electrons. The Bertz CT molecular complexity index is 240. The van der Waals surface area contributed by atoms with Crippen molar-refractivity contribution in [3.8, 4) is 0 Å². The number of halogens is 1. The van der Waals surface area contributed by atoms with E-state index in [0.29, 0.717) is 0 Å². The summed E-state index contributed by atoms with van der Waals surface area (Å²) in [6.07, 6.45) is 11.5. The summed E-state index contributed by atoms with van der Waals surface area (Å²) in [5.74, 6) is -0.000833. The first-order valence-corrected chi connectivity index (χ1v) is 7.40. The zero-order valence-electron chi connectivity index (χ0n) is 9.84. The van der Waals surface area contributed by atoms with Crippen LogP contribution in [0.3, 0.4) is 0 Å². The lowest BCUT2D eigenvalue weighted by atomic mass is 9.89.